The van der Waals surface area contributed by atoms with Crippen molar-refractivity contribution in [3.8, 4) is 0 Å². The molecule has 0 aliphatic heterocycles. The summed E-state index contributed by atoms with van der Waals surface area (Å²) in [5, 5.41) is 13.2. The van der Waals surface area contributed by atoms with Gasteiger partial charge in [0.2, 0.25) is 5.91 Å². The van der Waals surface area contributed by atoms with Crippen LogP contribution in [0, 0.1) is 10.1 Å². The number of rotatable bonds is 3. The first kappa shape index (κ1) is 13.1. The third kappa shape index (κ3) is 3.28. The van der Waals surface area contributed by atoms with Crippen molar-refractivity contribution in [1.29, 1.82) is 0 Å². The van der Waals surface area contributed by atoms with Gasteiger partial charge in [0.25, 0.3) is 5.69 Å². The van der Waals surface area contributed by atoms with Crippen molar-refractivity contribution >= 4 is 49.1 Å². The molecule has 0 saturated carbocycles. The number of amides is 1. The molecule has 1 amide bonds. The molecule has 0 aromatic heterocycles. The molecule has 1 aromatic rings. The second kappa shape index (κ2) is 5.40. The first-order valence-electron chi connectivity index (χ1n) is 4.30. The summed E-state index contributed by atoms with van der Waals surface area (Å²) in [5.74, 6) is -0.208. The van der Waals surface area contributed by atoms with E-state index < -0.39 is 4.92 Å². The Kier molecular flexibility index (Phi) is 4.43. The van der Waals surface area contributed by atoms with Gasteiger partial charge >= 0.3 is 0 Å². The van der Waals surface area contributed by atoms with E-state index in [1.807, 2.05) is 0 Å². The summed E-state index contributed by atoms with van der Waals surface area (Å²) in [5.41, 5.74) is 0.471. The summed E-state index contributed by atoms with van der Waals surface area (Å²) in [4.78, 5) is 21.1. The number of nitro benzene ring substituents is 1. The lowest BCUT2D eigenvalue weighted by molar-refractivity contribution is -0.385. The molecule has 0 radical (unpaired) electrons. The van der Waals surface area contributed by atoms with E-state index >= 15 is 0 Å². The smallest absolute Gasteiger partial charge is 0.283 e. The number of carbonyl (C=O) groups is 1. The first-order chi connectivity index (χ1) is 7.41. The molecule has 1 aromatic carbocycles. The van der Waals surface area contributed by atoms with E-state index in [9.17, 15) is 14.9 Å². The summed E-state index contributed by atoms with van der Waals surface area (Å²) in [6.07, 6.45) is 0. The molecule has 7 heteroatoms. The van der Waals surface area contributed by atoms with Crippen LogP contribution >= 0.6 is 31.9 Å². The lowest BCUT2D eigenvalue weighted by Gasteiger charge is -2.06. The number of halogens is 2. The van der Waals surface area contributed by atoms with Gasteiger partial charge in [-0.25, -0.2) is 0 Å². The van der Waals surface area contributed by atoms with Crippen LogP contribution in [0.1, 0.15) is 6.92 Å². The lowest BCUT2D eigenvalue weighted by Crippen LogP contribution is -2.19. The molecular weight excluding hydrogens is 344 g/mol. The maximum absolute atomic E-state index is 11.3. The maximum atomic E-state index is 11.3. The highest BCUT2D eigenvalue weighted by Gasteiger charge is 2.14. The number of nitro groups is 1. The van der Waals surface area contributed by atoms with Gasteiger partial charge in [-0.05, 0) is 35.0 Å². The van der Waals surface area contributed by atoms with E-state index in [1.54, 1.807) is 6.92 Å². The monoisotopic (exact) mass is 350 g/mol. The molecule has 0 fully saturated rings. The van der Waals surface area contributed by atoms with Crippen LogP contribution in [0.3, 0.4) is 0 Å². The summed E-state index contributed by atoms with van der Waals surface area (Å²) in [6.45, 7) is 1.69. The van der Waals surface area contributed by atoms with E-state index in [0.717, 1.165) is 0 Å². The Morgan fingerprint density at radius 1 is 1.56 bits per heavy atom. The van der Waals surface area contributed by atoms with Crippen molar-refractivity contribution < 1.29 is 9.72 Å². The summed E-state index contributed by atoms with van der Waals surface area (Å²) >= 11 is 6.19. The zero-order valence-electron chi connectivity index (χ0n) is 8.24. The molecule has 1 rings (SSSR count). The summed E-state index contributed by atoms with van der Waals surface area (Å²) in [6, 6.07) is 4.31. The molecule has 0 bridgehead atoms. The predicted octanol–water partition coefficient (Wildman–Crippen LogP) is 3.08. The quantitative estimate of drug-likeness (QED) is 0.516. The number of alkyl halides is 1. The van der Waals surface area contributed by atoms with Crippen LogP contribution in [0.5, 0.6) is 0 Å². The fourth-order valence-corrected chi connectivity index (χ4v) is 1.61. The van der Waals surface area contributed by atoms with Gasteiger partial charge < -0.3 is 5.32 Å². The van der Waals surface area contributed by atoms with E-state index in [1.165, 1.54) is 18.2 Å². The van der Waals surface area contributed by atoms with E-state index in [0.29, 0.717) is 10.2 Å². The second-order valence-corrected chi connectivity index (χ2v) is 5.26. The molecule has 16 heavy (non-hydrogen) atoms. The van der Waals surface area contributed by atoms with Crippen molar-refractivity contribution in [2.45, 2.75) is 11.8 Å². The Hall–Kier alpha value is -0.950. The third-order valence-electron chi connectivity index (χ3n) is 1.77. The molecule has 0 aliphatic rings. The minimum Gasteiger partial charge on any atom is -0.325 e. The van der Waals surface area contributed by atoms with Crippen molar-refractivity contribution in [2.75, 3.05) is 5.32 Å². The SMILES string of the molecule is CC(Br)C(=O)Nc1ccc([N+](=O)[O-])c(Br)c1. The first-order valence-corrected chi connectivity index (χ1v) is 6.01. The molecule has 1 N–H and O–H groups in total. The van der Waals surface area contributed by atoms with Crippen LogP contribution in [0.4, 0.5) is 11.4 Å². The number of nitrogens with one attached hydrogen (secondary N) is 1. The van der Waals surface area contributed by atoms with Crippen LogP contribution < -0.4 is 5.32 Å². The van der Waals surface area contributed by atoms with Gasteiger partial charge in [-0.3, -0.25) is 14.9 Å². The zero-order valence-corrected chi connectivity index (χ0v) is 11.4. The molecule has 1 unspecified atom stereocenters. The zero-order chi connectivity index (χ0) is 12.3. The molecular formula is C9H8Br2N2O3. The molecule has 5 nitrogen and oxygen atoms in total. The highest BCUT2D eigenvalue weighted by atomic mass is 79.9. The largest absolute Gasteiger partial charge is 0.325 e. The van der Waals surface area contributed by atoms with Crippen molar-refractivity contribution in [2.24, 2.45) is 0 Å². The van der Waals surface area contributed by atoms with Crippen molar-refractivity contribution in [3.05, 3.63) is 32.8 Å². The minimum absolute atomic E-state index is 0.0371. The predicted molar refractivity (Wildman–Crippen MR) is 67.8 cm³/mol. The Morgan fingerprint density at radius 2 is 2.19 bits per heavy atom. The average molecular weight is 352 g/mol. The van der Waals surface area contributed by atoms with Gasteiger partial charge in [-0.1, -0.05) is 15.9 Å². The van der Waals surface area contributed by atoms with Crippen LogP contribution in [-0.2, 0) is 4.79 Å². The van der Waals surface area contributed by atoms with E-state index in [-0.39, 0.29) is 16.4 Å². The highest BCUT2D eigenvalue weighted by molar-refractivity contribution is 9.10. The third-order valence-corrected chi connectivity index (χ3v) is 2.82. The number of hydrogen-bond donors (Lipinski definition) is 1. The second-order valence-electron chi connectivity index (χ2n) is 3.03. The molecule has 0 spiro atoms. The fraction of sp³-hybridized carbons (Fsp3) is 0.222. The fourth-order valence-electron chi connectivity index (χ4n) is 0.974. The van der Waals surface area contributed by atoms with Gasteiger partial charge in [0.1, 0.15) is 0 Å². The Balaban J connectivity index is 2.90. The number of anilines is 1. The number of benzene rings is 1. The van der Waals surface area contributed by atoms with Crippen molar-refractivity contribution in [3.63, 3.8) is 0 Å². The molecule has 86 valence electrons. The van der Waals surface area contributed by atoms with Gasteiger partial charge in [-0.2, -0.15) is 0 Å². The molecule has 1 atom stereocenters. The minimum atomic E-state index is -0.497. The molecule has 0 heterocycles. The summed E-state index contributed by atoms with van der Waals surface area (Å²) in [7, 11) is 0. The van der Waals surface area contributed by atoms with Gasteiger partial charge in [0, 0.05) is 11.8 Å². The normalized spacial score (nSPS) is 11.9. The molecule has 0 saturated heterocycles. The topological polar surface area (TPSA) is 72.2 Å². The number of nitrogens with zero attached hydrogens (tertiary/aromatic N) is 1. The number of hydrogen-bond acceptors (Lipinski definition) is 3. The standard InChI is InChI=1S/C9H8Br2N2O3/c1-5(10)9(14)12-6-2-3-8(13(15)16)7(11)4-6/h2-5H,1H3,(H,12,14). The van der Waals surface area contributed by atoms with Crippen molar-refractivity contribution in [1.82, 2.24) is 0 Å². The van der Waals surface area contributed by atoms with Gasteiger partial charge in [0.15, 0.2) is 0 Å². The lowest BCUT2D eigenvalue weighted by atomic mass is 10.3. The maximum Gasteiger partial charge on any atom is 0.283 e. The summed E-state index contributed by atoms with van der Waals surface area (Å²) < 4.78 is 0.331. The van der Waals surface area contributed by atoms with Gasteiger partial charge in [0.05, 0.1) is 14.2 Å². The van der Waals surface area contributed by atoms with Crippen LogP contribution in [0.2, 0.25) is 0 Å². The number of carbonyl (C=O) groups excluding carboxylic acids is 1. The van der Waals surface area contributed by atoms with Gasteiger partial charge in [-0.15, -0.1) is 0 Å². The van der Waals surface area contributed by atoms with Crippen LogP contribution in [0.25, 0.3) is 0 Å². The molecule has 0 aliphatic carbocycles. The highest BCUT2D eigenvalue weighted by Crippen LogP contribution is 2.27. The Labute approximate surface area is 109 Å². The van der Waals surface area contributed by atoms with E-state index in [4.69, 9.17) is 0 Å². The van der Waals surface area contributed by atoms with Crippen LogP contribution in [-0.4, -0.2) is 15.7 Å². The Bertz CT molecular complexity index is 435. The van der Waals surface area contributed by atoms with E-state index in [2.05, 4.69) is 37.2 Å². The average Bonchev–Trinajstić information content (AvgIpc) is 2.16. The van der Waals surface area contributed by atoms with Crippen LogP contribution in [0.15, 0.2) is 22.7 Å². The Morgan fingerprint density at radius 3 is 2.62 bits per heavy atom.